The van der Waals surface area contributed by atoms with Gasteiger partial charge in [0.2, 0.25) is 0 Å². The topological polar surface area (TPSA) is 64.6 Å². The number of benzene rings is 2. The van der Waals surface area contributed by atoms with Gasteiger partial charge < -0.3 is 14.8 Å². The van der Waals surface area contributed by atoms with Gasteiger partial charge in [-0.3, -0.25) is 4.79 Å². The number of ether oxygens (including phenoxy) is 2. The molecule has 1 N–H and O–H groups in total. The summed E-state index contributed by atoms with van der Waals surface area (Å²) in [7, 11) is 0. The number of carbonyl (C=O) groups excluding carboxylic acids is 2. The fraction of sp³-hybridized carbons (Fsp3) is 0.364. The first kappa shape index (κ1) is 19.0. The van der Waals surface area contributed by atoms with E-state index in [0.29, 0.717) is 5.75 Å². The molecular formula is C22H25NO4. The number of nitrogens with one attached hydrogen (secondary N) is 1. The Morgan fingerprint density at radius 2 is 1.89 bits per heavy atom. The Balaban J connectivity index is 1.51. The number of amides is 1. The van der Waals surface area contributed by atoms with Crippen molar-refractivity contribution in [2.24, 2.45) is 0 Å². The van der Waals surface area contributed by atoms with Crippen molar-refractivity contribution in [1.29, 1.82) is 0 Å². The first-order valence-electron chi connectivity index (χ1n) is 9.30. The van der Waals surface area contributed by atoms with Gasteiger partial charge in [0.15, 0.2) is 12.7 Å². The molecule has 0 heterocycles. The van der Waals surface area contributed by atoms with Crippen molar-refractivity contribution in [3.63, 3.8) is 0 Å². The Kier molecular flexibility index (Phi) is 6.12. The lowest BCUT2D eigenvalue weighted by Crippen LogP contribution is -2.39. The second-order valence-electron chi connectivity index (χ2n) is 6.84. The van der Waals surface area contributed by atoms with Gasteiger partial charge in [-0.05, 0) is 55.9 Å². The number of rotatable bonds is 6. The summed E-state index contributed by atoms with van der Waals surface area (Å²) in [5.41, 5.74) is 3.36. The number of para-hydroxylation sites is 1. The third kappa shape index (κ3) is 4.88. The highest BCUT2D eigenvalue weighted by molar-refractivity contribution is 5.84. The summed E-state index contributed by atoms with van der Waals surface area (Å²) in [6.45, 7) is 3.25. The minimum absolute atomic E-state index is 0.0354. The molecule has 5 heteroatoms. The highest BCUT2D eigenvalue weighted by Crippen LogP contribution is 2.29. The third-order valence-corrected chi connectivity index (χ3v) is 4.80. The van der Waals surface area contributed by atoms with E-state index in [9.17, 15) is 9.59 Å². The van der Waals surface area contributed by atoms with E-state index in [4.69, 9.17) is 9.47 Å². The molecule has 0 saturated carbocycles. The molecule has 2 atom stereocenters. The third-order valence-electron chi connectivity index (χ3n) is 4.80. The smallest absolute Gasteiger partial charge is 0.344 e. The number of fused-ring (bicyclic) bond motifs is 1. The van der Waals surface area contributed by atoms with Crippen LogP contribution in [-0.2, 0) is 20.7 Å². The summed E-state index contributed by atoms with van der Waals surface area (Å²) in [6.07, 6.45) is 2.08. The maximum absolute atomic E-state index is 12.5. The van der Waals surface area contributed by atoms with Gasteiger partial charge in [0.05, 0.1) is 6.04 Å². The lowest BCUT2D eigenvalue weighted by Gasteiger charge is -2.27. The molecule has 1 aliphatic rings. The molecule has 2 aromatic carbocycles. The number of aryl methyl sites for hydroxylation is 2. The molecule has 0 radical (unpaired) electrons. The zero-order chi connectivity index (χ0) is 19.2. The van der Waals surface area contributed by atoms with Crippen LogP contribution in [0.1, 0.15) is 42.5 Å². The van der Waals surface area contributed by atoms with Crippen LogP contribution >= 0.6 is 0 Å². The molecule has 2 aromatic rings. The van der Waals surface area contributed by atoms with Crippen LogP contribution in [-0.4, -0.2) is 24.6 Å². The SMILES string of the molecule is Cc1ccccc1OCC(=O)O[C@H](C)C(=O)N[C@@H]1CCCc2ccccc21. The van der Waals surface area contributed by atoms with E-state index in [1.54, 1.807) is 13.0 Å². The zero-order valence-electron chi connectivity index (χ0n) is 15.7. The van der Waals surface area contributed by atoms with Gasteiger partial charge in [-0.25, -0.2) is 4.79 Å². The summed E-state index contributed by atoms with van der Waals surface area (Å²) >= 11 is 0. The summed E-state index contributed by atoms with van der Waals surface area (Å²) in [5, 5.41) is 3.01. The molecule has 1 amide bonds. The molecule has 5 nitrogen and oxygen atoms in total. The summed E-state index contributed by atoms with van der Waals surface area (Å²) in [6, 6.07) is 15.5. The first-order chi connectivity index (χ1) is 13.0. The Bertz CT molecular complexity index is 817. The number of hydrogen-bond donors (Lipinski definition) is 1. The molecule has 1 aliphatic carbocycles. The molecule has 0 spiro atoms. The molecule has 0 bridgehead atoms. The molecule has 142 valence electrons. The Hall–Kier alpha value is -2.82. The maximum atomic E-state index is 12.5. The van der Waals surface area contributed by atoms with E-state index in [0.717, 1.165) is 30.4 Å². The highest BCUT2D eigenvalue weighted by atomic mass is 16.6. The maximum Gasteiger partial charge on any atom is 0.344 e. The second kappa shape index (κ2) is 8.71. The van der Waals surface area contributed by atoms with Crippen LogP contribution in [0.25, 0.3) is 0 Å². The van der Waals surface area contributed by atoms with Crippen molar-refractivity contribution < 1.29 is 19.1 Å². The van der Waals surface area contributed by atoms with E-state index in [2.05, 4.69) is 11.4 Å². The fourth-order valence-electron chi connectivity index (χ4n) is 3.33. The minimum atomic E-state index is -0.868. The molecule has 0 aliphatic heterocycles. The molecule has 0 fully saturated rings. The fourth-order valence-corrected chi connectivity index (χ4v) is 3.33. The van der Waals surface area contributed by atoms with Crippen molar-refractivity contribution in [3.8, 4) is 5.75 Å². The lowest BCUT2D eigenvalue weighted by molar-refractivity contribution is -0.156. The van der Waals surface area contributed by atoms with E-state index < -0.39 is 12.1 Å². The monoisotopic (exact) mass is 367 g/mol. The lowest BCUT2D eigenvalue weighted by atomic mass is 9.87. The first-order valence-corrected chi connectivity index (χ1v) is 9.30. The van der Waals surface area contributed by atoms with Gasteiger partial charge in [-0.2, -0.15) is 0 Å². The standard InChI is InChI=1S/C22H25NO4/c1-15-8-3-6-13-20(15)26-14-21(24)27-16(2)22(25)23-19-12-7-10-17-9-4-5-11-18(17)19/h3-6,8-9,11,13,16,19H,7,10,12,14H2,1-2H3,(H,23,25)/t16-,19-/m1/s1. The average Bonchev–Trinajstić information content (AvgIpc) is 2.67. The van der Waals surface area contributed by atoms with Crippen molar-refractivity contribution in [1.82, 2.24) is 5.32 Å². The van der Waals surface area contributed by atoms with Crippen LogP contribution in [0.3, 0.4) is 0 Å². The minimum Gasteiger partial charge on any atom is -0.482 e. The molecule has 0 aromatic heterocycles. The predicted octanol–water partition coefficient (Wildman–Crippen LogP) is 3.50. The molecule has 3 rings (SSSR count). The highest BCUT2D eigenvalue weighted by Gasteiger charge is 2.25. The van der Waals surface area contributed by atoms with Crippen LogP contribution in [0.5, 0.6) is 5.75 Å². The van der Waals surface area contributed by atoms with E-state index in [1.807, 2.05) is 43.3 Å². The Morgan fingerprint density at radius 3 is 2.70 bits per heavy atom. The van der Waals surface area contributed by atoms with Crippen LogP contribution < -0.4 is 10.1 Å². The van der Waals surface area contributed by atoms with Crippen molar-refractivity contribution in [2.75, 3.05) is 6.61 Å². The average molecular weight is 367 g/mol. The van der Waals surface area contributed by atoms with Crippen LogP contribution in [0.2, 0.25) is 0 Å². The van der Waals surface area contributed by atoms with Gasteiger partial charge in [0.25, 0.3) is 5.91 Å². The number of hydrogen-bond acceptors (Lipinski definition) is 4. The number of esters is 1. The van der Waals surface area contributed by atoms with Gasteiger partial charge >= 0.3 is 5.97 Å². The zero-order valence-corrected chi connectivity index (χ0v) is 15.7. The number of carbonyl (C=O) groups is 2. The van der Waals surface area contributed by atoms with Crippen LogP contribution in [0, 0.1) is 6.92 Å². The normalized spacial score (nSPS) is 16.7. The van der Waals surface area contributed by atoms with Crippen LogP contribution in [0.15, 0.2) is 48.5 Å². The van der Waals surface area contributed by atoms with Crippen LogP contribution in [0.4, 0.5) is 0 Å². The largest absolute Gasteiger partial charge is 0.482 e. The second-order valence-corrected chi connectivity index (χ2v) is 6.84. The van der Waals surface area contributed by atoms with Gasteiger partial charge in [0, 0.05) is 0 Å². The molecule has 0 saturated heterocycles. The molecular weight excluding hydrogens is 342 g/mol. The van der Waals surface area contributed by atoms with E-state index in [1.165, 1.54) is 5.56 Å². The molecule has 27 heavy (non-hydrogen) atoms. The van der Waals surface area contributed by atoms with Gasteiger partial charge in [0.1, 0.15) is 5.75 Å². The van der Waals surface area contributed by atoms with Crippen molar-refractivity contribution in [2.45, 2.75) is 45.3 Å². The summed E-state index contributed by atoms with van der Waals surface area (Å²) < 4.78 is 10.7. The van der Waals surface area contributed by atoms with Crippen molar-refractivity contribution >= 4 is 11.9 Å². The Morgan fingerprint density at radius 1 is 1.15 bits per heavy atom. The summed E-state index contributed by atoms with van der Waals surface area (Å²) in [5.74, 6) is -0.226. The summed E-state index contributed by atoms with van der Waals surface area (Å²) in [4.78, 5) is 24.5. The van der Waals surface area contributed by atoms with Gasteiger partial charge in [-0.1, -0.05) is 42.5 Å². The molecule has 0 unspecified atom stereocenters. The Labute approximate surface area is 159 Å². The predicted molar refractivity (Wildman–Crippen MR) is 102 cm³/mol. The quantitative estimate of drug-likeness (QED) is 0.794. The van der Waals surface area contributed by atoms with Crippen molar-refractivity contribution in [3.05, 3.63) is 65.2 Å². The van der Waals surface area contributed by atoms with E-state index >= 15 is 0 Å². The van der Waals surface area contributed by atoms with E-state index in [-0.39, 0.29) is 18.6 Å². The van der Waals surface area contributed by atoms with Gasteiger partial charge in [-0.15, -0.1) is 0 Å².